The van der Waals surface area contributed by atoms with Gasteiger partial charge in [-0.15, -0.1) is 24.0 Å². The van der Waals surface area contributed by atoms with Crippen LogP contribution in [0.15, 0.2) is 29.3 Å². The van der Waals surface area contributed by atoms with Crippen LogP contribution in [0.3, 0.4) is 0 Å². The van der Waals surface area contributed by atoms with Gasteiger partial charge in [-0.2, -0.15) is 0 Å². The van der Waals surface area contributed by atoms with E-state index in [9.17, 15) is 4.39 Å². The Morgan fingerprint density at radius 1 is 1.11 bits per heavy atom. The van der Waals surface area contributed by atoms with Crippen LogP contribution in [0.1, 0.15) is 26.3 Å². The first-order valence-corrected chi connectivity index (χ1v) is 9.82. The molecule has 5 nitrogen and oxygen atoms in total. The van der Waals surface area contributed by atoms with Crippen molar-refractivity contribution in [3.05, 3.63) is 35.6 Å². The Balaban J connectivity index is 0.00000364. The van der Waals surface area contributed by atoms with Crippen LogP contribution >= 0.6 is 24.0 Å². The van der Waals surface area contributed by atoms with E-state index in [4.69, 9.17) is 0 Å². The van der Waals surface area contributed by atoms with Crippen LogP contribution in [0.4, 0.5) is 4.39 Å². The summed E-state index contributed by atoms with van der Waals surface area (Å²) in [5, 5.41) is 6.64. The standard InChI is InChI=1S/C20H34FN5.HI/c1-4-22-20(24-15-18-8-6-7-9-19(18)21)23-14-17(3)16-26-12-10-25(5-2)11-13-26;/h6-9,17H,4-5,10-16H2,1-3H3,(H2,22,23,24);1H. The minimum Gasteiger partial charge on any atom is -0.357 e. The summed E-state index contributed by atoms with van der Waals surface area (Å²) in [5.74, 6) is 1.07. The molecule has 1 fully saturated rings. The first kappa shape index (κ1) is 24.1. The first-order chi connectivity index (χ1) is 12.6. The Labute approximate surface area is 180 Å². The van der Waals surface area contributed by atoms with Crippen LogP contribution in [0.5, 0.6) is 0 Å². The highest BCUT2D eigenvalue weighted by molar-refractivity contribution is 14.0. The van der Waals surface area contributed by atoms with Crippen LogP contribution in [0.25, 0.3) is 0 Å². The van der Waals surface area contributed by atoms with Crippen molar-refractivity contribution in [2.75, 3.05) is 52.4 Å². The second-order valence-corrected chi connectivity index (χ2v) is 7.01. The predicted molar refractivity (Wildman–Crippen MR) is 122 cm³/mol. The van der Waals surface area contributed by atoms with Gasteiger partial charge in [-0.05, 0) is 25.5 Å². The van der Waals surface area contributed by atoms with Crippen molar-refractivity contribution in [2.24, 2.45) is 10.9 Å². The fourth-order valence-corrected chi connectivity index (χ4v) is 3.20. The van der Waals surface area contributed by atoms with E-state index in [-0.39, 0.29) is 29.8 Å². The van der Waals surface area contributed by atoms with Crippen molar-refractivity contribution in [3.63, 3.8) is 0 Å². The molecule has 1 unspecified atom stereocenters. The summed E-state index contributed by atoms with van der Waals surface area (Å²) in [7, 11) is 0. The van der Waals surface area contributed by atoms with E-state index < -0.39 is 0 Å². The van der Waals surface area contributed by atoms with Crippen LogP contribution in [-0.4, -0.2) is 68.1 Å². The number of guanidine groups is 1. The number of nitrogens with one attached hydrogen (secondary N) is 2. The van der Waals surface area contributed by atoms with Gasteiger partial charge in [-0.3, -0.25) is 0 Å². The van der Waals surface area contributed by atoms with Gasteiger partial charge in [0.2, 0.25) is 0 Å². The molecule has 27 heavy (non-hydrogen) atoms. The maximum Gasteiger partial charge on any atom is 0.191 e. The van der Waals surface area contributed by atoms with E-state index in [0.717, 1.165) is 45.2 Å². The number of nitrogens with zero attached hydrogens (tertiary/aromatic N) is 3. The van der Waals surface area contributed by atoms with E-state index in [1.807, 2.05) is 13.0 Å². The van der Waals surface area contributed by atoms with Crippen molar-refractivity contribution in [3.8, 4) is 0 Å². The zero-order valence-corrected chi connectivity index (χ0v) is 19.2. The molecule has 1 aliphatic heterocycles. The Morgan fingerprint density at radius 2 is 1.78 bits per heavy atom. The number of likely N-dealkylation sites (N-methyl/N-ethyl adjacent to an activating group) is 1. The third-order valence-electron chi connectivity index (χ3n) is 4.81. The van der Waals surface area contributed by atoms with E-state index in [1.54, 1.807) is 12.1 Å². The molecule has 1 aromatic carbocycles. The average Bonchev–Trinajstić information content (AvgIpc) is 2.66. The summed E-state index contributed by atoms with van der Waals surface area (Å²) >= 11 is 0. The largest absolute Gasteiger partial charge is 0.357 e. The third kappa shape index (κ3) is 8.74. The molecule has 7 heteroatoms. The number of hydrogen-bond donors (Lipinski definition) is 2. The third-order valence-corrected chi connectivity index (χ3v) is 4.81. The molecule has 1 saturated heterocycles. The molecule has 0 bridgehead atoms. The van der Waals surface area contributed by atoms with Crippen LogP contribution in [0, 0.1) is 11.7 Å². The normalized spacial score (nSPS) is 17.3. The number of aliphatic imine (C=N–C) groups is 1. The van der Waals surface area contributed by atoms with E-state index in [0.29, 0.717) is 18.0 Å². The lowest BCUT2D eigenvalue weighted by Crippen LogP contribution is -2.48. The number of hydrogen-bond acceptors (Lipinski definition) is 3. The quantitative estimate of drug-likeness (QED) is 0.334. The Morgan fingerprint density at radius 3 is 2.41 bits per heavy atom. The summed E-state index contributed by atoms with van der Waals surface area (Å²) in [6.45, 7) is 15.4. The van der Waals surface area contributed by atoms with Gasteiger partial charge in [-0.1, -0.05) is 32.0 Å². The van der Waals surface area contributed by atoms with Crippen LogP contribution in [-0.2, 0) is 6.54 Å². The molecule has 0 amide bonds. The van der Waals surface area contributed by atoms with E-state index >= 15 is 0 Å². The SMILES string of the molecule is CCNC(=NCc1ccccc1F)NCC(C)CN1CCN(CC)CC1.I. The molecular formula is C20H35FIN5. The van der Waals surface area contributed by atoms with Crippen LogP contribution in [0.2, 0.25) is 0 Å². The number of piperazine rings is 1. The fourth-order valence-electron chi connectivity index (χ4n) is 3.20. The molecular weight excluding hydrogens is 456 g/mol. The molecule has 0 saturated carbocycles. The lowest BCUT2D eigenvalue weighted by atomic mass is 10.1. The van der Waals surface area contributed by atoms with E-state index in [2.05, 4.69) is 39.3 Å². The van der Waals surface area contributed by atoms with Gasteiger partial charge < -0.3 is 20.4 Å². The molecule has 0 radical (unpaired) electrons. The Bertz CT molecular complexity index is 561. The summed E-state index contributed by atoms with van der Waals surface area (Å²) in [4.78, 5) is 9.56. The van der Waals surface area contributed by atoms with Gasteiger partial charge in [0.05, 0.1) is 6.54 Å². The Kier molecular flexibility index (Phi) is 11.9. The molecule has 0 aromatic heterocycles. The highest BCUT2D eigenvalue weighted by atomic mass is 127. The first-order valence-electron chi connectivity index (χ1n) is 9.82. The molecule has 1 aliphatic rings. The second kappa shape index (κ2) is 13.3. The zero-order valence-electron chi connectivity index (χ0n) is 16.9. The van der Waals surface area contributed by atoms with Crippen molar-refractivity contribution >= 4 is 29.9 Å². The fraction of sp³-hybridized carbons (Fsp3) is 0.650. The summed E-state index contributed by atoms with van der Waals surface area (Å²) < 4.78 is 13.7. The zero-order chi connectivity index (χ0) is 18.8. The number of halogens is 2. The average molecular weight is 491 g/mol. The minimum absolute atomic E-state index is 0. The lowest BCUT2D eigenvalue weighted by Gasteiger charge is -2.35. The van der Waals surface area contributed by atoms with Crippen molar-refractivity contribution in [1.29, 1.82) is 0 Å². The maximum absolute atomic E-state index is 13.7. The van der Waals surface area contributed by atoms with Crippen molar-refractivity contribution in [2.45, 2.75) is 27.3 Å². The van der Waals surface area contributed by atoms with Crippen molar-refractivity contribution in [1.82, 2.24) is 20.4 Å². The molecule has 2 rings (SSSR count). The van der Waals surface area contributed by atoms with Gasteiger partial charge in [0.25, 0.3) is 0 Å². The van der Waals surface area contributed by atoms with Gasteiger partial charge in [0, 0.05) is 51.4 Å². The molecule has 0 aliphatic carbocycles. The van der Waals surface area contributed by atoms with Gasteiger partial charge in [0.1, 0.15) is 5.82 Å². The lowest BCUT2D eigenvalue weighted by molar-refractivity contribution is 0.124. The smallest absolute Gasteiger partial charge is 0.191 e. The Hall–Kier alpha value is -0.930. The predicted octanol–water partition coefficient (Wildman–Crippen LogP) is 2.77. The highest BCUT2D eigenvalue weighted by Crippen LogP contribution is 2.08. The topological polar surface area (TPSA) is 42.9 Å². The van der Waals surface area contributed by atoms with Crippen molar-refractivity contribution < 1.29 is 4.39 Å². The maximum atomic E-state index is 13.7. The molecule has 1 heterocycles. The van der Waals surface area contributed by atoms with Crippen LogP contribution < -0.4 is 10.6 Å². The summed E-state index contributed by atoms with van der Waals surface area (Å²) in [5.41, 5.74) is 0.617. The van der Waals surface area contributed by atoms with Gasteiger partial charge in [0.15, 0.2) is 5.96 Å². The summed E-state index contributed by atoms with van der Waals surface area (Å²) in [6.07, 6.45) is 0. The molecule has 2 N–H and O–H groups in total. The van der Waals surface area contributed by atoms with Gasteiger partial charge >= 0.3 is 0 Å². The second-order valence-electron chi connectivity index (χ2n) is 7.01. The minimum atomic E-state index is -0.202. The molecule has 154 valence electrons. The molecule has 1 aromatic rings. The summed E-state index contributed by atoms with van der Waals surface area (Å²) in [6, 6.07) is 6.80. The number of rotatable bonds is 8. The molecule has 0 spiro atoms. The molecule has 1 atom stereocenters. The highest BCUT2D eigenvalue weighted by Gasteiger charge is 2.17. The van der Waals surface area contributed by atoms with Gasteiger partial charge in [-0.25, -0.2) is 9.38 Å². The van der Waals surface area contributed by atoms with E-state index in [1.165, 1.54) is 19.2 Å². The number of benzene rings is 1. The monoisotopic (exact) mass is 491 g/mol.